The number of hydrogen-bond donors (Lipinski definition) is 1. The Kier molecular flexibility index (Phi) is 4.52. The van der Waals surface area contributed by atoms with Gasteiger partial charge in [0.25, 0.3) is 0 Å². The second-order valence-corrected chi connectivity index (χ2v) is 6.97. The highest BCUT2D eigenvalue weighted by atomic mass is 16.5. The molecule has 0 bridgehead atoms. The maximum atomic E-state index is 11.7. The van der Waals surface area contributed by atoms with Crippen molar-refractivity contribution in [1.82, 2.24) is 0 Å². The number of ether oxygens (including phenoxy) is 1. The average molecular weight is 288 g/mol. The molecule has 0 amide bonds. The lowest BCUT2D eigenvalue weighted by atomic mass is 9.66. The summed E-state index contributed by atoms with van der Waals surface area (Å²) in [5.74, 6) is -0.893. The molecule has 1 aliphatic carbocycles. The second kappa shape index (κ2) is 6.02. The standard InChI is InChI=1S/C18H24O3/c1-17(2)10-7-11-18(3,13-17)15(16(19)20)21-12-14-8-5-4-6-9-14/h4-9,11,15H,10,12-13H2,1-3H3,(H,19,20)/t15-,18-/m0/s1. The van der Waals surface area contributed by atoms with E-state index in [1.165, 1.54) is 0 Å². The monoisotopic (exact) mass is 288 g/mol. The van der Waals surface area contributed by atoms with Crippen LogP contribution >= 0.6 is 0 Å². The summed E-state index contributed by atoms with van der Waals surface area (Å²) in [4.78, 5) is 11.7. The molecule has 0 radical (unpaired) electrons. The Bertz CT molecular complexity index is 519. The smallest absolute Gasteiger partial charge is 0.333 e. The lowest BCUT2D eigenvalue weighted by Crippen LogP contribution is -2.43. The highest BCUT2D eigenvalue weighted by Crippen LogP contribution is 2.45. The van der Waals surface area contributed by atoms with E-state index in [1.54, 1.807) is 0 Å². The average Bonchev–Trinajstić information content (AvgIpc) is 2.37. The van der Waals surface area contributed by atoms with Crippen molar-refractivity contribution in [3.05, 3.63) is 48.0 Å². The molecule has 1 aromatic carbocycles. The van der Waals surface area contributed by atoms with Gasteiger partial charge in [-0.3, -0.25) is 0 Å². The third-order valence-corrected chi connectivity index (χ3v) is 4.11. The minimum Gasteiger partial charge on any atom is -0.479 e. The van der Waals surface area contributed by atoms with Crippen LogP contribution in [0.15, 0.2) is 42.5 Å². The summed E-state index contributed by atoms with van der Waals surface area (Å²) in [6.07, 6.45) is 5.07. The minimum absolute atomic E-state index is 0.104. The molecule has 0 saturated carbocycles. The summed E-state index contributed by atoms with van der Waals surface area (Å²) < 4.78 is 5.77. The Morgan fingerprint density at radius 3 is 2.52 bits per heavy atom. The second-order valence-electron chi connectivity index (χ2n) is 6.97. The molecule has 21 heavy (non-hydrogen) atoms. The van der Waals surface area contributed by atoms with Crippen LogP contribution in [0.2, 0.25) is 0 Å². The number of carbonyl (C=O) groups is 1. The summed E-state index contributed by atoms with van der Waals surface area (Å²) >= 11 is 0. The lowest BCUT2D eigenvalue weighted by molar-refractivity contribution is -0.160. The molecule has 0 fully saturated rings. The van der Waals surface area contributed by atoms with Crippen molar-refractivity contribution < 1.29 is 14.6 Å². The van der Waals surface area contributed by atoms with Gasteiger partial charge in [-0.05, 0) is 23.8 Å². The van der Waals surface area contributed by atoms with Crippen molar-refractivity contribution in [3.63, 3.8) is 0 Å². The quantitative estimate of drug-likeness (QED) is 0.832. The van der Waals surface area contributed by atoms with Gasteiger partial charge in [0.1, 0.15) is 0 Å². The molecule has 1 aromatic rings. The number of hydrogen-bond acceptors (Lipinski definition) is 2. The zero-order valence-electron chi connectivity index (χ0n) is 13.0. The number of rotatable bonds is 5. The van der Waals surface area contributed by atoms with Gasteiger partial charge in [0.15, 0.2) is 6.10 Å². The van der Waals surface area contributed by atoms with Crippen LogP contribution in [-0.4, -0.2) is 17.2 Å². The molecule has 0 spiro atoms. The Hall–Kier alpha value is -1.61. The van der Waals surface area contributed by atoms with E-state index in [2.05, 4.69) is 19.9 Å². The minimum atomic E-state index is -0.893. The van der Waals surface area contributed by atoms with Crippen molar-refractivity contribution in [2.45, 2.75) is 46.3 Å². The first-order valence-electron chi connectivity index (χ1n) is 7.38. The van der Waals surface area contributed by atoms with Gasteiger partial charge in [-0.25, -0.2) is 4.79 Å². The SMILES string of the molecule is CC1(C)CC=C[C@](C)([C@@H](OCc2ccccc2)C(=O)O)C1. The maximum Gasteiger partial charge on any atom is 0.333 e. The molecule has 2 rings (SSSR count). The molecule has 2 atom stereocenters. The van der Waals surface area contributed by atoms with Crippen molar-refractivity contribution in [1.29, 1.82) is 0 Å². The molecule has 0 aromatic heterocycles. The normalized spacial score (nSPS) is 25.5. The first-order valence-corrected chi connectivity index (χ1v) is 7.38. The first kappa shape index (κ1) is 15.8. The molecule has 1 N–H and O–H groups in total. The number of carboxylic acid groups (broad SMARTS) is 1. The molecule has 3 heteroatoms. The molecular weight excluding hydrogens is 264 g/mol. The van der Waals surface area contributed by atoms with Crippen molar-refractivity contribution in [3.8, 4) is 0 Å². The Morgan fingerprint density at radius 2 is 1.95 bits per heavy atom. The molecular formula is C18H24O3. The number of carboxylic acids is 1. The number of aliphatic carboxylic acids is 1. The van der Waals surface area contributed by atoms with Crippen molar-refractivity contribution in [2.24, 2.45) is 10.8 Å². The summed E-state index contributed by atoms with van der Waals surface area (Å²) in [6.45, 7) is 6.64. The fourth-order valence-electron chi connectivity index (χ4n) is 3.29. The van der Waals surface area contributed by atoms with Gasteiger partial charge in [0, 0.05) is 5.41 Å². The Morgan fingerprint density at radius 1 is 1.29 bits per heavy atom. The largest absolute Gasteiger partial charge is 0.479 e. The van der Waals surface area contributed by atoms with Gasteiger partial charge < -0.3 is 9.84 Å². The molecule has 1 aliphatic rings. The van der Waals surface area contributed by atoms with E-state index in [4.69, 9.17) is 4.74 Å². The van der Waals surface area contributed by atoms with Crippen LogP contribution in [0.1, 0.15) is 39.2 Å². The van der Waals surface area contributed by atoms with E-state index in [1.807, 2.05) is 43.3 Å². The van der Waals surface area contributed by atoms with E-state index in [0.29, 0.717) is 6.61 Å². The number of benzene rings is 1. The van der Waals surface area contributed by atoms with Gasteiger partial charge in [0.2, 0.25) is 0 Å². The molecule has 0 unspecified atom stereocenters. The summed E-state index contributed by atoms with van der Waals surface area (Å²) in [6, 6.07) is 9.69. The lowest BCUT2D eigenvalue weighted by Gasteiger charge is -2.41. The molecule has 3 nitrogen and oxygen atoms in total. The van der Waals surface area contributed by atoms with Crippen LogP contribution < -0.4 is 0 Å². The highest BCUT2D eigenvalue weighted by Gasteiger charge is 2.43. The summed E-state index contributed by atoms with van der Waals surface area (Å²) in [7, 11) is 0. The molecule has 0 saturated heterocycles. The van der Waals surface area contributed by atoms with Crippen LogP contribution in [0.4, 0.5) is 0 Å². The van der Waals surface area contributed by atoms with E-state index in [9.17, 15) is 9.90 Å². The maximum absolute atomic E-state index is 11.7. The zero-order valence-corrected chi connectivity index (χ0v) is 13.0. The Labute approximate surface area is 126 Å². The van der Waals surface area contributed by atoms with Gasteiger partial charge in [-0.1, -0.05) is 63.3 Å². The molecule has 0 aliphatic heterocycles. The van der Waals surface area contributed by atoms with Crippen LogP contribution in [0.5, 0.6) is 0 Å². The summed E-state index contributed by atoms with van der Waals surface area (Å²) in [5, 5.41) is 9.58. The van der Waals surface area contributed by atoms with Crippen LogP contribution in [0.3, 0.4) is 0 Å². The van der Waals surface area contributed by atoms with Crippen LogP contribution in [-0.2, 0) is 16.1 Å². The fraction of sp³-hybridized carbons (Fsp3) is 0.500. The van der Waals surface area contributed by atoms with Gasteiger partial charge in [-0.2, -0.15) is 0 Å². The fourth-order valence-corrected chi connectivity index (χ4v) is 3.29. The first-order chi connectivity index (χ1) is 9.82. The molecule has 0 heterocycles. The van der Waals surface area contributed by atoms with Crippen LogP contribution in [0, 0.1) is 10.8 Å². The van der Waals surface area contributed by atoms with E-state index in [-0.39, 0.29) is 5.41 Å². The third-order valence-electron chi connectivity index (χ3n) is 4.11. The highest BCUT2D eigenvalue weighted by molar-refractivity contribution is 5.74. The Balaban J connectivity index is 2.13. The predicted octanol–water partition coefficient (Wildman–Crippen LogP) is 4.04. The zero-order chi connectivity index (χ0) is 15.5. The third kappa shape index (κ3) is 3.94. The summed E-state index contributed by atoms with van der Waals surface area (Å²) in [5.41, 5.74) is 0.627. The van der Waals surface area contributed by atoms with E-state index >= 15 is 0 Å². The van der Waals surface area contributed by atoms with Gasteiger partial charge in [0.05, 0.1) is 6.61 Å². The van der Waals surface area contributed by atoms with Crippen LogP contribution in [0.25, 0.3) is 0 Å². The van der Waals surface area contributed by atoms with E-state index in [0.717, 1.165) is 18.4 Å². The van der Waals surface area contributed by atoms with Gasteiger partial charge in [-0.15, -0.1) is 0 Å². The van der Waals surface area contributed by atoms with Crippen molar-refractivity contribution in [2.75, 3.05) is 0 Å². The van der Waals surface area contributed by atoms with Crippen molar-refractivity contribution >= 4 is 5.97 Å². The predicted molar refractivity (Wildman–Crippen MR) is 82.9 cm³/mol. The van der Waals surface area contributed by atoms with Gasteiger partial charge >= 0.3 is 5.97 Å². The molecule has 114 valence electrons. The van der Waals surface area contributed by atoms with E-state index < -0.39 is 17.5 Å². The topological polar surface area (TPSA) is 46.5 Å². The number of allylic oxidation sites excluding steroid dienone is 1.